The van der Waals surface area contributed by atoms with Gasteiger partial charge in [0.1, 0.15) is 5.82 Å². The van der Waals surface area contributed by atoms with Crippen molar-refractivity contribution in [2.45, 2.75) is 24.8 Å². The van der Waals surface area contributed by atoms with Crippen molar-refractivity contribution in [3.8, 4) is 0 Å². The Balaban J connectivity index is 1.98. The summed E-state index contributed by atoms with van der Waals surface area (Å²) in [5, 5.41) is 0.547. The van der Waals surface area contributed by atoms with E-state index >= 15 is 0 Å². The lowest BCUT2D eigenvalue weighted by atomic mass is 9.86. The van der Waals surface area contributed by atoms with E-state index in [1.54, 1.807) is 12.1 Å². The minimum atomic E-state index is -0.484. The maximum absolute atomic E-state index is 13.9. The van der Waals surface area contributed by atoms with Gasteiger partial charge in [-0.05, 0) is 54.2 Å². The van der Waals surface area contributed by atoms with Crippen molar-refractivity contribution in [3.05, 3.63) is 70.0 Å². The van der Waals surface area contributed by atoms with Gasteiger partial charge in [0, 0.05) is 10.6 Å². The molecule has 0 radical (unpaired) electrons. The molecule has 1 aliphatic carbocycles. The van der Waals surface area contributed by atoms with E-state index in [2.05, 4.69) is 6.07 Å². The molecule has 1 unspecified atom stereocenters. The summed E-state index contributed by atoms with van der Waals surface area (Å²) >= 11 is 5.94. The van der Waals surface area contributed by atoms with Crippen LogP contribution in [0.15, 0.2) is 42.5 Å². The molecule has 0 saturated heterocycles. The summed E-state index contributed by atoms with van der Waals surface area (Å²) in [6.07, 6.45) is 2.28. The molecule has 2 aromatic rings. The fourth-order valence-corrected chi connectivity index (χ4v) is 3.11. The Morgan fingerprint density at radius 3 is 2.84 bits per heavy atom. The van der Waals surface area contributed by atoms with Gasteiger partial charge in [0.2, 0.25) is 0 Å². The van der Waals surface area contributed by atoms with E-state index in [1.165, 1.54) is 11.6 Å². The molecule has 1 nitrogen and oxygen atoms in total. The van der Waals surface area contributed by atoms with Crippen LogP contribution in [0.1, 0.15) is 23.1 Å². The molecule has 98 valence electrons. The minimum Gasteiger partial charge on any atom is -0.321 e. The average molecular weight is 276 g/mol. The monoisotopic (exact) mass is 275 g/mol. The maximum Gasteiger partial charge on any atom is 0.126 e. The molecule has 0 fully saturated rings. The van der Waals surface area contributed by atoms with Crippen LogP contribution in [-0.2, 0) is 18.4 Å². The predicted molar refractivity (Wildman–Crippen MR) is 75.7 cm³/mol. The molecule has 0 bridgehead atoms. The van der Waals surface area contributed by atoms with Gasteiger partial charge in [0.05, 0.1) is 0 Å². The predicted octanol–water partition coefficient (Wildman–Crippen LogP) is 3.82. The van der Waals surface area contributed by atoms with Gasteiger partial charge in [-0.2, -0.15) is 0 Å². The summed E-state index contributed by atoms with van der Waals surface area (Å²) in [6.45, 7) is 0. The number of hydrogen-bond donors (Lipinski definition) is 1. The summed E-state index contributed by atoms with van der Waals surface area (Å²) < 4.78 is 13.9. The SMILES string of the molecule is NC1(Cc2cc(Cl)ccc2F)CCc2ccccc21. The first-order chi connectivity index (χ1) is 9.08. The molecule has 1 atom stereocenters. The first kappa shape index (κ1) is 12.6. The van der Waals surface area contributed by atoms with Crippen molar-refractivity contribution in [1.82, 2.24) is 0 Å². The summed E-state index contributed by atoms with van der Waals surface area (Å²) in [5.74, 6) is -0.237. The molecular formula is C16H15ClFN. The number of aryl methyl sites for hydroxylation is 1. The van der Waals surface area contributed by atoms with E-state index in [0.717, 1.165) is 18.4 Å². The van der Waals surface area contributed by atoms with Gasteiger partial charge in [-0.1, -0.05) is 35.9 Å². The van der Waals surface area contributed by atoms with Gasteiger partial charge in [0.15, 0.2) is 0 Å². The maximum atomic E-state index is 13.9. The Kier molecular flexibility index (Phi) is 3.08. The highest BCUT2D eigenvalue weighted by molar-refractivity contribution is 6.30. The van der Waals surface area contributed by atoms with Crippen LogP contribution >= 0.6 is 11.6 Å². The average Bonchev–Trinajstić information content (AvgIpc) is 2.73. The third-order valence-electron chi connectivity index (χ3n) is 3.91. The van der Waals surface area contributed by atoms with Crippen LogP contribution in [0, 0.1) is 5.82 Å². The van der Waals surface area contributed by atoms with Gasteiger partial charge in [-0.15, -0.1) is 0 Å². The van der Waals surface area contributed by atoms with Crippen LogP contribution in [-0.4, -0.2) is 0 Å². The van der Waals surface area contributed by atoms with Crippen LogP contribution < -0.4 is 5.73 Å². The van der Waals surface area contributed by atoms with Gasteiger partial charge < -0.3 is 5.73 Å². The van der Waals surface area contributed by atoms with Crippen LogP contribution in [0.25, 0.3) is 0 Å². The molecule has 2 aromatic carbocycles. The van der Waals surface area contributed by atoms with Crippen LogP contribution in [0.4, 0.5) is 4.39 Å². The number of fused-ring (bicyclic) bond motifs is 1. The molecule has 3 rings (SSSR count). The fraction of sp³-hybridized carbons (Fsp3) is 0.250. The van der Waals surface area contributed by atoms with Crippen molar-refractivity contribution in [2.24, 2.45) is 5.73 Å². The quantitative estimate of drug-likeness (QED) is 0.886. The largest absolute Gasteiger partial charge is 0.321 e. The lowest BCUT2D eigenvalue weighted by molar-refractivity contribution is 0.429. The Hall–Kier alpha value is -1.38. The molecule has 1 aliphatic rings. The molecule has 0 spiro atoms. The Bertz CT molecular complexity index is 626. The van der Waals surface area contributed by atoms with Gasteiger partial charge >= 0.3 is 0 Å². The fourth-order valence-electron chi connectivity index (χ4n) is 2.92. The zero-order valence-electron chi connectivity index (χ0n) is 10.5. The number of benzene rings is 2. The highest BCUT2D eigenvalue weighted by atomic mass is 35.5. The van der Waals surface area contributed by atoms with E-state index < -0.39 is 5.54 Å². The number of hydrogen-bond acceptors (Lipinski definition) is 1. The zero-order chi connectivity index (χ0) is 13.5. The van der Waals surface area contributed by atoms with E-state index in [0.29, 0.717) is 17.0 Å². The summed E-state index contributed by atoms with van der Waals surface area (Å²) in [4.78, 5) is 0. The van der Waals surface area contributed by atoms with Crippen LogP contribution in [0.5, 0.6) is 0 Å². The number of halogens is 2. The highest BCUT2D eigenvalue weighted by Crippen LogP contribution is 2.37. The van der Waals surface area contributed by atoms with Gasteiger partial charge in [-0.25, -0.2) is 4.39 Å². The van der Waals surface area contributed by atoms with Crippen molar-refractivity contribution in [3.63, 3.8) is 0 Å². The smallest absolute Gasteiger partial charge is 0.126 e. The topological polar surface area (TPSA) is 26.0 Å². The molecule has 0 saturated carbocycles. The van der Waals surface area contributed by atoms with Gasteiger partial charge in [-0.3, -0.25) is 0 Å². The molecule has 3 heteroatoms. The summed E-state index contributed by atoms with van der Waals surface area (Å²) in [7, 11) is 0. The van der Waals surface area contributed by atoms with E-state index in [4.69, 9.17) is 17.3 Å². The Labute approximate surface area is 117 Å². The second kappa shape index (κ2) is 4.62. The molecule has 2 N–H and O–H groups in total. The summed E-state index contributed by atoms with van der Waals surface area (Å²) in [6, 6.07) is 12.8. The van der Waals surface area contributed by atoms with Crippen LogP contribution in [0.2, 0.25) is 5.02 Å². The molecular weight excluding hydrogens is 261 g/mol. The normalized spacial score (nSPS) is 21.4. The first-order valence-electron chi connectivity index (χ1n) is 6.40. The number of rotatable bonds is 2. The van der Waals surface area contributed by atoms with Crippen molar-refractivity contribution in [1.29, 1.82) is 0 Å². The van der Waals surface area contributed by atoms with Gasteiger partial charge in [0.25, 0.3) is 0 Å². The molecule has 0 amide bonds. The van der Waals surface area contributed by atoms with Crippen molar-refractivity contribution < 1.29 is 4.39 Å². The molecule has 0 aliphatic heterocycles. The van der Waals surface area contributed by atoms with E-state index in [1.807, 2.05) is 18.2 Å². The van der Waals surface area contributed by atoms with Crippen molar-refractivity contribution in [2.75, 3.05) is 0 Å². The second-order valence-corrected chi connectivity index (χ2v) is 5.66. The molecule has 19 heavy (non-hydrogen) atoms. The lowest BCUT2D eigenvalue weighted by Gasteiger charge is -2.26. The summed E-state index contributed by atoms with van der Waals surface area (Å²) in [5.41, 5.74) is 9.02. The Morgan fingerprint density at radius 1 is 1.21 bits per heavy atom. The highest BCUT2D eigenvalue weighted by Gasteiger charge is 2.35. The van der Waals surface area contributed by atoms with Crippen LogP contribution in [0.3, 0.4) is 0 Å². The standard InChI is InChI=1S/C16H15ClFN/c17-13-5-6-15(18)12(9-13)10-16(19)8-7-11-3-1-2-4-14(11)16/h1-6,9H,7-8,10,19H2. The first-order valence-corrected chi connectivity index (χ1v) is 6.77. The lowest BCUT2D eigenvalue weighted by Crippen LogP contribution is -2.36. The zero-order valence-corrected chi connectivity index (χ0v) is 11.3. The third-order valence-corrected chi connectivity index (χ3v) is 4.14. The van der Waals surface area contributed by atoms with E-state index in [-0.39, 0.29) is 5.82 Å². The van der Waals surface area contributed by atoms with E-state index in [9.17, 15) is 4.39 Å². The molecule has 0 aromatic heterocycles. The minimum absolute atomic E-state index is 0.237. The molecule has 0 heterocycles. The third kappa shape index (κ3) is 2.26. The Morgan fingerprint density at radius 2 is 2.00 bits per heavy atom. The van der Waals surface area contributed by atoms with Crippen molar-refractivity contribution >= 4 is 11.6 Å². The second-order valence-electron chi connectivity index (χ2n) is 5.23. The number of nitrogens with two attached hydrogens (primary N) is 1.